The van der Waals surface area contributed by atoms with Crippen LogP contribution in [0.3, 0.4) is 0 Å². The first-order chi connectivity index (χ1) is 8.35. The molecule has 1 N–H and O–H groups in total. The van der Waals surface area contributed by atoms with Gasteiger partial charge in [-0.1, -0.05) is 18.8 Å². The van der Waals surface area contributed by atoms with Gasteiger partial charge in [-0.3, -0.25) is 10.4 Å². The zero-order valence-electron chi connectivity index (χ0n) is 10.3. The molecule has 2 heterocycles. The van der Waals surface area contributed by atoms with Gasteiger partial charge in [0.05, 0.1) is 6.04 Å². The van der Waals surface area contributed by atoms with E-state index in [2.05, 4.69) is 27.4 Å². The Morgan fingerprint density at radius 1 is 1.41 bits per heavy atom. The minimum absolute atomic E-state index is 0.392. The number of hydrogen-bond donors (Lipinski definition) is 1. The molecule has 0 amide bonds. The van der Waals surface area contributed by atoms with Gasteiger partial charge in [-0.25, -0.2) is 5.01 Å². The van der Waals surface area contributed by atoms with Gasteiger partial charge in [0.25, 0.3) is 0 Å². The topological polar surface area (TPSA) is 28.2 Å². The molecule has 1 atom stereocenters. The molecule has 3 heteroatoms. The zero-order valence-corrected chi connectivity index (χ0v) is 10.3. The highest BCUT2D eigenvalue weighted by Crippen LogP contribution is 2.28. The fraction of sp³-hybridized carbons (Fsp3) is 0.500. The Kier molecular flexibility index (Phi) is 4.13. The summed E-state index contributed by atoms with van der Waals surface area (Å²) in [5.41, 5.74) is 5.37. The molecule has 1 aromatic heterocycles. The summed E-state index contributed by atoms with van der Waals surface area (Å²) < 4.78 is 0. The van der Waals surface area contributed by atoms with E-state index in [1.54, 1.807) is 6.20 Å². The summed E-state index contributed by atoms with van der Waals surface area (Å²) in [6.45, 7) is 1.08. The summed E-state index contributed by atoms with van der Waals surface area (Å²) in [6.07, 6.45) is 14.1. The van der Waals surface area contributed by atoms with Crippen LogP contribution in [0.15, 0.2) is 18.5 Å². The molecular weight excluding hydrogens is 210 g/mol. The Labute approximate surface area is 103 Å². The van der Waals surface area contributed by atoms with Crippen LogP contribution in [0, 0.1) is 12.3 Å². The van der Waals surface area contributed by atoms with Crippen LogP contribution in [0.2, 0.25) is 0 Å². The van der Waals surface area contributed by atoms with Gasteiger partial charge >= 0.3 is 0 Å². The third kappa shape index (κ3) is 2.85. The average Bonchev–Trinajstić information content (AvgIpc) is 2.63. The number of hydrazine groups is 1. The summed E-state index contributed by atoms with van der Waals surface area (Å²) in [5.74, 6) is 2.65. The molecule has 0 aromatic carbocycles. The fourth-order valence-corrected chi connectivity index (χ4v) is 2.44. The molecule has 0 aliphatic carbocycles. The summed E-state index contributed by atoms with van der Waals surface area (Å²) in [4.78, 5) is 4.23. The molecule has 3 nitrogen and oxygen atoms in total. The van der Waals surface area contributed by atoms with Crippen LogP contribution in [-0.2, 0) is 0 Å². The number of hydrogen-bond acceptors (Lipinski definition) is 3. The second-order valence-electron chi connectivity index (χ2n) is 4.43. The van der Waals surface area contributed by atoms with Crippen molar-refractivity contribution in [2.45, 2.75) is 31.7 Å². The zero-order chi connectivity index (χ0) is 12.1. The van der Waals surface area contributed by atoms with E-state index in [0.29, 0.717) is 6.04 Å². The first kappa shape index (κ1) is 12.1. The van der Waals surface area contributed by atoms with Crippen LogP contribution in [0.4, 0.5) is 0 Å². The lowest BCUT2D eigenvalue weighted by Gasteiger charge is -2.29. The quantitative estimate of drug-likeness (QED) is 0.787. The van der Waals surface area contributed by atoms with Crippen molar-refractivity contribution in [3.63, 3.8) is 0 Å². The monoisotopic (exact) mass is 229 g/mol. The fourth-order valence-electron chi connectivity index (χ4n) is 2.44. The Bertz CT molecular complexity index is 408. The van der Waals surface area contributed by atoms with Crippen molar-refractivity contribution >= 4 is 0 Å². The Balaban J connectivity index is 2.25. The van der Waals surface area contributed by atoms with Crippen LogP contribution >= 0.6 is 0 Å². The van der Waals surface area contributed by atoms with Crippen molar-refractivity contribution in [2.75, 3.05) is 13.6 Å². The van der Waals surface area contributed by atoms with Gasteiger partial charge in [0.15, 0.2) is 0 Å². The third-order valence-corrected chi connectivity index (χ3v) is 3.35. The minimum atomic E-state index is 0.392. The van der Waals surface area contributed by atoms with Crippen LogP contribution in [0.25, 0.3) is 0 Å². The van der Waals surface area contributed by atoms with E-state index in [4.69, 9.17) is 6.42 Å². The molecule has 1 unspecified atom stereocenters. The van der Waals surface area contributed by atoms with Gasteiger partial charge in [-0.15, -0.1) is 6.42 Å². The Morgan fingerprint density at radius 2 is 2.29 bits per heavy atom. The maximum atomic E-state index is 5.43. The van der Waals surface area contributed by atoms with Gasteiger partial charge in [0.1, 0.15) is 0 Å². The number of rotatable bonds is 2. The second kappa shape index (κ2) is 5.81. The number of aromatic nitrogens is 1. The standard InChI is InChI=1S/C14H19N3/c1-3-12-9-13(11-16-10-12)14-7-5-4-6-8-17(14)15-2/h1,9-11,14-15H,4-8H2,2H3. The molecular formula is C14H19N3. The predicted molar refractivity (Wildman–Crippen MR) is 69.1 cm³/mol. The minimum Gasteiger partial charge on any atom is -0.263 e. The van der Waals surface area contributed by atoms with Gasteiger partial charge in [0, 0.05) is 24.5 Å². The van der Waals surface area contributed by atoms with Gasteiger partial charge in [-0.05, 0) is 31.5 Å². The summed E-state index contributed by atoms with van der Waals surface area (Å²) in [6, 6.07) is 2.47. The van der Waals surface area contributed by atoms with E-state index >= 15 is 0 Å². The first-order valence-electron chi connectivity index (χ1n) is 6.20. The van der Waals surface area contributed by atoms with Crippen molar-refractivity contribution in [3.05, 3.63) is 29.6 Å². The van der Waals surface area contributed by atoms with E-state index in [0.717, 1.165) is 18.5 Å². The van der Waals surface area contributed by atoms with Crippen molar-refractivity contribution in [2.24, 2.45) is 0 Å². The van der Waals surface area contributed by atoms with Crippen LogP contribution in [-0.4, -0.2) is 23.6 Å². The van der Waals surface area contributed by atoms with Crippen molar-refractivity contribution in [1.82, 2.24) is 15.4 Å². The molecule has 17 heavy (non-hydrogen) atoms. The third-order valence-electron chi connectivity index (χ3n) is 3.35. The lowest BCUT2D eigenvalue weighted by Crippen LogP contribution is -2.38. The molecule has 0 saturated carbocycles. The Hall–Kier alpha value is -1.37. The summed E-state index contributed by atoms with van der Waals surface area (Å²) in [7, 11) is 1.98. The van der Waals surface area contributed by atoms with Crippen LogP contribution in [0.5, 0.6) is 0 Å². The molecule has 1 fully saturated rings. The number of nitrogens with zero attached hydrogens (tertiary/aromatic N) is 2. The van der Waals surface area contributed by atoms with Crippen LogP contribution in [0.1, 0.15) is 42.9 Å². The SMILES string of the molecule is C#Cc1cncc(C2CCCCCN2NC)c1. The average molecular weight is 229 g/mol. The predicted octanol–water partition coefficient (Wildman–Crippen LogP) is 2.11. The van der Waals surface area contributed by atoms with Gasteiger partial charge < -0.3 is 0 Å². The molecule has 0 bridgehead atoms. The Morgan fingerprint density at radius 3 is 3.06 bits per heavy atom. The molecule has 0 spiro atoms. The lowest BCUT2D eigenvalue weighted by molar-refractivity contribution is 0.142. The maximum Gasteiger partial charge on any atom is 0.0508 e. The summed E-state index contributed by atoms with van der Waals surface area (Å²) in [5, 5.41) is 2.30. The van der Waals surface area contributed by atoms with E-state index < -0.39 is 0 Å². The van der Waals surface area contributed by atoms with E-state index in [-0.39, 0.29) is 0 Å². The number of pyridine rings is 1. The largest absolute Gasteiger partial charge is 0.263 e. The maximum absolute atomic E-state index is 5.43. The van der Waals surface area contributed by atoms with Crippen molar-refractivity contribution < 1.29 is 0 Å². The second-order valence-corrected chi connectivity index (χ2v) is 4.43. The lowest BCUT2D eigenvalue weighted by atomic mass is 10.0. The molecule has 0 radical (unpaired) electrons. The highest BCUT2D eigenvalue weighted by atomic mass is 15.5. The van der Waals surface area contributed by atoms with Crippen molar-refractivity contribution in [3.8, 4) is 12.3 Å². The first-order valence-corrected chi connectivity index (χ1v) is 6.20. The van der Waals surface area contributed by atoms with E-state index in [1.165, 1.54) is 24.8 Å². The van der Waals surface area contributed by atoms with Gasteiger partial charge in [0.2, 0.25) is 0 Å². The van der Waals surface area contributed by atoms with Crippen LogP contribution < -0.4 is 5.43 Å². The van der Waals surface area contributed by atoms with Crippen molar-refractivity contribution in [1.29, 1.82) is 0 Å². The van der Waals surface area contributed by atoms with E-state index in [1.807, 2.05) is 13.2 Å². The summed E-state index contributed by atoms with van der Waals surface area (Å²) >= 11 is 0. The molecule has 1 saturated heterocycles. The molecule has 2 rings (SSSR count). The van der Waals surface area contributed by atoms with E-state index in [9.17, 15) is 0 Å². The number of nitrogens with one attached hydrogen (secondary N) is 1. The van der Waals surface area contributed by atoms with Gasteiger partial charge in [-0.2, -0.15) is 0 Å². The number of terminal acetylenes is 1. The smallest absolute Gasteiger partial charge is 0.0508 e. The highest BCUT2D eigenvalue weighted by Gasteiger charge is 2.21. The normalized spacial score (nSPS) is 21.8. The molecule has 1 aromatic rings. The highest BCUT2D eigenvalue weighted by molar-refractivity contribution is 5.33. The molecule has 1 aliphatic heterocycles. The molecule has 1 aliphatic rings. The molecule has 90 valence electrons.